The second kappa shape index (κ2) is 4.80. The number of imidazole rings is 1. The van der Waals surface area contributed by atoms with Crippen molar-refractivity contribution < 1.29 is 4.39 Å². The van der Waals surface area contributed by atoms with Crippen molar-refractivity contribution in [2.45, 2.75) is 25.3 Å². The first kappa shape index (κ1) is 11.3. The highest BCUT2D eigenvalue weighted by atomic mass is 19.1. The quantitative estimate of drug-likeness (QED) is 0.877. The zero-order valence-corrected chi connectivity index (χ0v) is 10.1. The Bertz CT molecular complexity index is 531. The topological polar surface area (TPSA) is 29.9 Å². The predicted molar refractivity (Wildman–Crippen MR) is 69.1 cm³/mol. The number of halogens is 1. The summed E-state index contributed by atoms with van der Waals surface area (Å²) in [6.07, 6.45) is 7.13. The van der Waals surface area contributed by atoms with Crippen LogP contribution in [0.25, 0.3) is 0 Å². The fraction of sp³-hybridized carbons (Fsp3) is 0.357. The minimum Gasteiger partial charge on any atom is -0.355 e. The Balaban J connectivity index is 1.56. The van der Waals surface area contributed by atoms with E-state index in [2.05, 4.69) is 14.9 Å². The zero-order chi connectivity index (χ0) is 12.4. The van der Waals surface area contributed by atoms with E-state index in [-0.39, 0.29) is 5.82 Å². The predicted octanol–water partition coefficient (Wildman–Crippen LogP) is 3.01. The van der Waals surface area contributed by atoms with Gasteiger partial charge < -0.3 is 9.88 Å². The van der Waals surface area contributed by atoms with Gasteiger partial charge >= 0.3 is 0 Å². The first-order valence-electron chi connectivity index (χ1n) is 6.34. The summed E-state index contributed by atoms with van der Waals surface area (Å²) in [6.45, 7) is 0.771. The highest BCUT2D eigenvalue weighted by molar-refractivity contribution is 5.28. The molecule has 0 atom stereocenters. The Labute approximate surface area is 106 Å². The fourth-order valence-electron chi connectivity index (χ4n) is 2.11. The van der Waals surface area contributed by atoms with Crippen molar-refractivity contribution in [1.29, 1.82) is 0 Å². The minimum atomic E-state index is -0.174. The van der Waals surface area contributed by atoms with Crippen molar-refractivity contribution in [2.75, 3.05) is 11.9 Å². The number of hydrogen-bond acceptors (Lipinski definition) is 2. The third-order valence-corrected chi connectivity index (χ3v) is 3.19. The van der Waals surface area contributed by atoms with Gasteiger partial charge in [-0.25, -0.2) is 9.37 Å². The number of aromatic nitrogens is 2. The lowest BCUT2D eigenvalue weighted by molar-refractivity contribution is 0.625. The molecule has 3 rings (SSSR count). The van der Waals surface area contributed by atoms with Crippen molar-refractivity contribution >= 4 is 5.95 Å². The summed E-state index contributed by atoms with van der Waals surface area (Å²) in [5.74, 6) is 0.751. The first-order chi connectivity index (χ1) is 8.83. The number of nitrogens with zero attached hydrogens (tertiary/aromatic N) is 2. The molecule has 0 bridgehead atoms. The second-order valence-corrected chi connectivity index (χ2v) is 4.70. The van der Waals surface area contributed by atoms with E-state index < -0.39 is 0 Å². The minimum absolute atomic E-state index is 0.174. The van der Waals surface area contributed by atoms with Gasteiger partial charge in [0.05, 0.1) is 0 Å². The standard InChI is InChI=1S/C14H16FN3/c15-12-3-1-2-11(10-12)6-7-16-14-17-8-9-18(14)13-4-5-13/h1-3,8-10,13H,4-7H2,(H,16,17). The summed E-state index contributed by atoms with van der Waals surface area (Å²) in [5, 5.41) is 3.31. The summed E-state index contributed by atoms with van der Waals surface area (Å²) >= 11 is 0. The third kappa shape index (κ3) is 2.53. The molecule has 1 aliphatic carbocycles. The fourth-order valence-corrected chi connectivity index (χ4v) is 2.11. The molecule has 0 spiro atoms. The van der Waals surface area contributed by atoms with Crippen molar-refractivity contribution in [3.05, 3.63) is 48.0 Å². The summed E-state index contributed by atoms with van der Waals surface area (Å²) in [4.78, 5) is 4.30. The maximum Gasteiger partial charge on any atom is 0.203 e. The molecular weight excluding hydrogens is 229 g/mol. The molecule has 2 aromatic rings. The molecule has 18 heavy (non-hydrogen) atoms. The van der Waals surface area contributed by atoms with Crippen molar-refractivity contribution in [1.82, 2.24) is 9.55 Å². The molecule has 4 heteroatoms. The molecule has 1 aliphatic rings. The molecule has 1 aromatic heterocycles. The van der Waals surface area contributed by atoms with Crippen LogP contribution in [0.3, 0.4) is 0 Å². The van der Waals surface area contributed by atoms with E-state index in [1.165, 1.54) is 18.9 Å². The average Bonchev–Trinajstić information content (AvgIpc) is 3.10. The number of hydrogen-bond donors (Lipinski definition) is 1. The van der Waals surface area contributed by atoms with E-state index in [1.807, 2.05) is 18.5 Å². The van der Waals surface area contributed by atoms with Gasteiger partial charge in [0.2, 0.25) is 5.95 Å². The number of nitrogens with one attached hydrogen (secondary N) is 1. The van der Waals surface area contributed by atoms with Crippen LogP contribution >= 0.6 is 0 Å². The van der Waals surface area contributed by atoms with Crippen LogP contribution in [0.5, 0.6) is 0 Å². The maximum absolute atomic E-state index is 13.0. The Morgan fingerprint density at radius 3 is 3.06 bits per heavy atom. The van der Waals surface area contributed by atoms with E-state index >= 15 is 0 Å². The molecule has 0 amide bonds. The van der Waals surface area contributed by atoms with Gasteiger partial charge in [-0.05, 0) is 37.0 Å². The normalized spacial score (nSPS) is 14.7. The number of rotatable bonds is 5. The van der Waals surface area contributed by atoms with Gasteiger partial charge in [-0.3, -0.25) is 0 Å². The Hall–Kier alpha value is -1.84. The van der Waals surface area contributed by atoms with E-state index in [1.54, 1.807) is 12.1 Å². The van der Waals surface area contributed by atoms with Gasteiger partial charge in [-0.2, -0.15) is 0 Å². The SMILES string of the molecule is Fc1cccc(CCNc2nccn2C2CC2)c1. The number of benzene rings is 1. The van der Waals surface area contributed by atoms with E-state index in [0.29, 0.717) is 6.04 Å². The largest absolute Gasteiger partial charge is 0.355 e. The Morgan fingerprint density at radius 2 is 2.28 bits per heavy atom. The van der Waals surface area contributed by atoms with Crippen molar-refractivity contribution in [3.63, 3.8) is 0 Å². The number of anilines is 1. The van der Waals surface area contributed by atoms with E-state index in [4.69, 9.17) is 0 Å². The van der Waals surface area contributed by atoms with Gasteiger partial charge in [0.25, 0.3) is 0 Å². The summed E-state index contributed by atoms with van der Waals surface area (Å²) < 4.78 is 15.2. The van der Waals surface area contributed by atoms with Crippen LogP contribution in [0.4, 0.5) is 10.3 Å². The monoisotopic (exact) mass is 245 g/mol. The van der Waals surface area contributed by atoms with Crippen LogP contribution in [0, 0.1) is 5.82 Å². The summed E-state index contributed by atoms with van der Waals surface area (Å²) in [6, 6.07) is 7.36. The molecule has 3 nitrogen and oxygen atoms in total. The Morgan fingerprint density at radius 1 is 1.39 bits per heavy atom. The lowest BCUT2D eigenvalue weighted by Crippen LogP contribution is -2.10. The van der Waals surface area contributed by atoms with Gasteiger partial charge in [-0.15, -0.1) is 0 Å². The molecular formula is C14H16FN3. The molecule has 0 aliphatic heterocycles. The molecule has 1 heterocycles. The molecule has 0 saturated heterocycles. The van der Waals surface area contributed by atoms with Crippen LogP contribution < -0.4 is 5.32 Å². The lowest BCUT2D eigenvalue weighted by atomic mass is 10.1. The van der Waals surface area contributed by atoms with E-state index in [0.717, 1.165) is 24.5 Å². The molecule has 1 saturated carbocycles. The maximum atomic E-state index is 13.0. The zero-order valence-electron chi connectivity index (χ0n) is 10.1. The highest BCUT2D eigenvalue weighted by Crippen LogP contribution is 2.36. The molecule has 94 valence electrons. The van der Waals surface area contributed by atoms with Crippen LogP contribution in [-0.2, 0) is 6.42 Å². The van der Waals surface area contributed by atoms with E-state index in [9.17, 15) is 4.39 Å². The van der Waals surface area contributed by atoms with Gasteiger partial charge in [-0.1, -0.05) is 12.1 Å². The first-order valence-corrected chi connectivity index (χ1v) is 6.34. The van der Waals surface area contributed by atoms with Crippen LogP contribution in [-0.4, -0.2) is 16.1 Å². The Kier molecular flexibility index (Phi) is 3.00. The molecule has 0 unspecified atom stereocenters. The van der Waals surface area contributed by atoms with Crippen molar-refractivity contribution in [3.8, 4) is 0 Å². The van der Waals surface area contributed by atoms with Crippen LogP contribution in [0.1, 0.15) is 24.4 Å². The average molecular weight is 245 g/mol. The molecule has 1 fully saturated rings. The lowest BCUT2D eigenvalue weighted by Gasteiger charge is -2.08. The summed E-state index contributed by atoms with van der Waals surface area (Å²) in [5.41, 5.74) is 1.01. The van der Waals surface area contributed by atoms with Crippen molar-refractivity contribution in [2.24, 2.45) is 0 Å². The highest BCUT2D eigenvalue weighted by Gasteiger charge is 2.25. The molecule has 0 radical (unpaired) electrons. The van der Waals surface area contributed by atoms with Crippen LogP contribution in [0.15, 0.2) is 36.7 Å². The second-order valence-electron chi connectivity index (χ2n) is 4.70. The molecule has 1 N–H and O–H groups in total. The van der Waals surface area contributed by atoms with Crippen LogP contribution in [0.2, 0.25) is 0 Å². The van der Waals surface area contributed by atoms with Gasteiger partial charge in [0, 0.05) is 25.0 Å². The van der Waals surface area contributed by atoms with Gasteiger partial charge in [0.15, 0.2) is 0 Å². The summed E-state index contributed by atoms with van der Waals surface area (Å²) in [7, 11) is 0. The van der Waals surface area contributed by atoms with Gasteiger partial charge in [0.1, 0.15) is 5.82 Å². The smallest absolute Gasteiger partial charge is 0.203 e. The molecule has 1 aromatic carbocycles. The third-order valence-electron chi connectivity index (χ3n) is 3.19.